The molecule has 0 unspecified atom stereocenters. The molecule has 0 bridgehead atoms. The third kappa shape index (κ3) is 4.33. The van der Waals surface area contributed by atoms with Gasteiger partial charge in [0.2, 0.25) is 0 Å². The van der Waals surface area contributed by atoms with Crippen LogP contribution in [0.25, 0.3) is 5.69 Å². The zero-order chi connectivity index (χ0) is 22.9. The van der Waals surface area contributed by atoms with E-state index in [4.69, 9.17) is 4.74 Å². The van der Waals surface area contributed by atoms with Crippen LogP contribution in [-0.4, -0.2) is 44.6 Å². The Morgan fingerprint density at radius 1 is 1.06 bits per heavy atom. The lowest BCUT2D eigenvalue weighted by Crippen LogP contribution is -2.45. The lowest BCUT2D eigenvalue weighted by Gasteiger charge is -2.30. The Hall–Kier alpha value is -3.35. The number of pyridine rings is 1. The van der Waals surface area contributed by atoms with Gasteiger partial charge >= 0.3 is 0 Å². The highest BCUT2D eigenvalue weighted by Crippen LogP contribution is 2.31. The molecule has 0 saturated carbocycles. The number of amides is 1. The fourth-order valence-corrected chi connectivity index (χ4v) is 4.07. The topological polar surface area (TPSA) is 69.4 Å². The molecule has 168 valence electrons. The maximum absolute atomic E-state index is 13.0. The van der Waals surface area contributed by atoms with Crippen LogP contribution in [0.3, 0.4) is 0 Å². The van der Waals surface area contributed by atoms with E-state index >= 15 is 0 Å². The highest BCUT2D eigenvalue weighted by molar-refractivity contribution is 5.93. The Labute approximate surface area is 188 Å². The molecule has 32 heavy (non-hydrogen) atoms. The quantitative estimate of drug-likeness (QED) is 0.556. The van der Waals surface area contributed by atoms with Gasteiger partial charge in [0, 0.05) is 25.8 Å². The first kappa shape index (κ1) is 21.9. The fraction of sp³-hybridized carbons (Fsp3) is 0.400. The Balaban J connectivity index is 1.40. The van der Waals surface area contributed by atoms with Crippen molar-refractivity contribution in [1.29, 1.82) is 0 Å². The van der Waals surface area contributed by atoms with Gasteiger partial charge in [-0.3, -0.25) is 9.59 Å². The monoisotopic (exact) mass is 434 g/mol. The van der Waals surface area contributed by atoms with Crippen LogP contribution in [0.15, 0.2) is 53.7 Å². The molecule has 2 aromatic heterocycles. The fourth-order valence-electron chi connectivity index (χ4n) is 4.07. The van der Waals surface area contributed by atoms with E-state index < -0.39 is 0 Å². The number of carbonyl (C=O) groups is 1. The highest BCUT2D eigenvalue weighted by atomic mass is 16.5. The minimum Gasteiger partial charge on any atom is -0.493 e. The molecule has 0 radical (unpaired) electrons. The van der Waals surface area contributed by atoms with E-state index in [0.29, 0.717) is 37.6 Å². The number of nitrogens with zero attached hydrogens (tertiary/aromatic N) is 4. The number of carbonyl (C=O) groups excluding carboxylic acids is 1. The third-order valence-electron chi connectivity index (χ3n) is 5.77. The number of ether oxygens (including phenoxy) is 1. The summed E-state index contributed by atoms with van der Waals surface area (Å²) in [5, 5.41) is 0. The van der Waals surface area contributed by atoms with E-state index in [1.165, 1.54) is 5.56 Å². The van der Waals surface area contributed by atoms with E-state index in [2.05, 4.69) is 31.8 Å². The Kier molecular flexibility index (Phi) is 5.91. The van der Waals surface area contributed by atoms with Gasteiger partial charge in [-0.15, -0.1) is 0 Å². The van der Waals surface area contributed by atoms with Crippen molar-refractivity contribution in [3.8, 4) is 11.4 Å². The summed E-state index contributed by atoms with van der Waals surface area (Å²) in [6.07, 6.45) is 4.15. The first-order chi connectivity index (χ1) is 15.3. The van der Waals surface area contributed by atoms with Crippen molar-refractivity contribution in [3.05, 3.63) is 76.2 Å². The first-order valence-electron chi connectivity index (χ1n) is 11.0. The van der Waals surface area contributed by atoms with Gasteiger partial charge in [0.15, 0.2) is 0 Å². The van der Waals surface area contributed by atoms with Gasteiger partial charge < -0.3 is 18.8 Å². The average Bonchev–Trinajstić information content (AvgIpc) is 3.18. The molecule has 1 aliphatic rings. The van der Waals surface area contributed by atoms with Crippen molar-refractivity contribution in [1.82, 2.24) is 19.0 Å². The lowest BCUT2D eigenvalue weighted by atomic mass is 9.86. The molecule has 0 saturated heterocycles. The molecule has 1 aliphatic heterocycles. The van der Waals surface area contributed by atoms with Gasteiger partial charge in [-0.1, -0.05) is 39.0 Å². The molecule has 1 aromatic carbocycles. The van der Waals surface area contributed by atoms with Crippen molar-refractivity contribution in [2.75, 3.05) is 19.7 Å². The second-order valence-corrected chi connectivity index (χ2v) is 9.22. The average molecular weight is 435 g/mol. The van der Waals surface area contributed by atoms with Gasteiger partial charge in [-0.25, -0.2) is 4.98 Å². The molecule has 7 heteroatoms. The molecular formula is C25H30N4O3. The standard InChI is InChI=1S/C25H30N4O3/c1-18-16-28(17-26-18)20-10-11-21-23(30)27(13-14-29(21)24(20)31)12-7-15-32-22-9-6-5-8-19(22)25(2,3)4/h5-6,8-11,16-17H,7,12-15H2,1-4H3. The number of fused-ring (bicyclic) bond motifs is 1. The number of aryl methyl sites for hydroxylation is 1. The van der Waals surface area contributed by atoms with Crippen LogP contribution in [0, 0.1) is 6.92 Å². The number of hydrogen-bond acceptors (Lipinski definition) is 4. The molecule has 0 N–H and O–H groups in total. The predicted octanol–water partition coefficient (Wildman–Crippen LogP) is 3.56. The summed E-state index contributed by atoms with van der Waals surface area (Å²) in [4.78, 5) is 31.9. The maximum atomic E-state index is 13.0. The Bertz CT molecular complexity index is 1190. The predicted molar refractivity (Wildman–Crippen MR) is 124 cm³/mol. The zero-order valence-corrected chi connectivity index (χ0v) is 19.2. The summed E-state index contributed by atoms with van der Waals surface area (Å²) in [6.45, 7) is 10.5. The van der Waals surface area contributed by atoms with E-state index in [9.17, 15) is 9.59 Å². The molecule has 3 aromatic rings. The molecule has 0 fully saturated rings. The second kappa shape index (κ2) is 8.65. The van der Waals surface area contributed by atoms with E-state index in [-0.39, 0.29) is 16.9 Å². The molecule has 7 nitrogen and oxygen atoms in total. The number of benzene rings is 1. The summed E-state index contributed by atoms with van der Waals surface area (Å²) in [7, 11) is 0. The normalized spacial score (nSPS) is 13.9. The summed E-state index contributed by atoms with van der Waals surface area (Å²) in [6, 6.07) is 11.5. The van der Waals surface area contributed by atoms with Crippen LogP contribution in [0.2, 0.25) is 0 Å². The van der Waals surface area contributed by atoms with Crippen molar-refractivity contribution in [3.63, 3.8) is 0 Å². The molecular weight excluding hydrogens is 404 g/mol. The first-order valence-corrected chi connectivity index (χ1v) is 11.0. The summed E-state index contributed by atoms with van der Waals surface area (Å²) < 4.78 is 9.32. The van der Waals surface area contributed by atoms with Crippen LogP contribution < -0.4 is 10.3 Å². The number of aromatic nitrogens is 3. The minimum absolute atomic E-state index is 0.00463. The van der Waals surface area contributed by atoms with Gasteiger partial charge in [-0.2, -0.15) is 0 Å². The number of rotatable bonds is 6. The number of para-hydroxylation sites is 1. The van der Waals surface area contributed by atoms with Gasteiger partial charge in [0.25, 0.3) is 11.5 Å². The summed E-state index contributed by atoms with van der Waals surface area (Å²) in [5.74, 6) is 0.779. The number of imidazole rings is 1. The van der Waals surface area contributed by atoms with Crippen LogP contribution in [0.5, 0.6) is 5.75 Å². The van der Waals surface area contributed by atoms with Gasteiger partial charge in [-0.05, 0) is 42.5 Å². The maximum Gasteiger partial charge on any atom is 0.275 e. The van der Waals surface area contributed by atoms with E-state index in [1.807, 2.05) is 25.1 Å². The summed E-state index contributed by atoms with van der Waals surface area (Å²) in [5.41, 5.74) is 2.77. The van der Waals surface area contributed by atoms with E-state index in [1.54, 1.807) is 38.7 Å². The van der Waals surface area contributed by atoms with Crippen molar-refractivity contribution < 1.29 is 9.53 Å². The molecule has 3 heterocycles. The van der Waals surface area contributed by atoms with Crippen LogP contribution >= 0.6 is 0 Å². The third-order valence-corrected chi connectivity index (χ3v) is 5.77. The minimum atomic E-state index is -0.171. The zero-order valence-electron chi connectivity index (χ0n) is 19.2. The molecule has 1 amide bonds. The molecule has 0 aliphatic carbocycles. The van der Waals surface area contributed by atoms with Crippen molar-refractivity contribution in [2.45, 2.75) is 46.1 Å². The van der Waals surface area contributed by atoms with Gasteiger partial charge in [0.1, 0.15) is 17.1 Å². The number of hydrogen-bond donors (Lipinski definition) is 0. The van der Waals surface area contributed by atoms with Crippen molar-refractivity contribution >= 4 is 5.91 Å². The Morgan fingerprint density at radius 3 is 2.56 bits per heavy atom. The molecule has 4 rings (SSSR count). The smallest absolute Gasteiger partial charge is 0.275 e. The highest BCUT2D eigenvalue weighted by Gasteiger charge is 2.26. The van der Waals surface area contributed by atoms with Crippen LogP contribution in [0.4, 0.5) is 0 Å². The molecule has 0 spiro atoms. The summed E-state index contributed by atoms with van der Waals surface area (Å²) >= 11 is 0. The van der Waals surface area contributed by atoms with Gasteiger partial charge in [0.05, 0.1) is 18.6 Å². The van der Waals surface area contributed by atoms with Crippen molar-refractivity contribution in [2.24, 2.45) is 0 Å². The largest absolute Gasteiger partial charge is 0.493 e. The second-order valence-electron chi connectivity index (χ2n) is 9.22. The molecule has 0 atom stereocenters. The lowest BCUT2D eigenvalue weighted by molar-refractivity contribution is 0.0691. The van der Waals surface area contributed by atoms with Crippen LogP contribution in [0.1, 0.15) is 48.9 Å². The van der Waals surface area contributed by atoms with Crippen LogP contribution in [-0.2, 0) is 12.0 Å². The van der Waals surface area contributed by atoms with E-state index in [0.717, 1.165) is 17.9 Å². The SMILES string of the molecule is Cc1cn(-c2ccc3n(c2=O)CCN(CCCOc2ccccc2C(C)(C)C)C3=O)cn1. The Morgan fingerprint density at radius 2 is 1.84 bits per heavy atom.